The van der Waals surface area contributed by atoms with E-state index in [2.05, 4.69) is 11.8 Å². The normalized spacial score (nSPS) is 21.6. The van der Waals surface area contributed by atoms with Gasteiger partial charge in [-0.1, -0.05) is 6.92 Å². The van der Waals surface area contributed by atoms with Crippen LogP contribution in [0.2, 0.25) is 0 Å². The summed E-state index contributed by atoms with van der Waals surface area (Å²) in [6, 6.07) is 5.83. The number of carbonyl (C=O) groups is 1. The van der Waals surface area contributed by atoms with Crippen molar-refractivity contribution in [3.05, 3.63) is 35.6 Å². The van der Waals surface area contributed by atoms with Crippen LogP contribution in [-0.2, 0) is 0 Å². The Balaban J connectivity index is 1.92. The van der Waals surface area contributed by atoms with Gasteiger partial charge >= 0.3 is 0 Å². The minimum atomic E-state index is -0.296. The predicted molar refractivity (Wildman–Crippen MR) is 70.2 cm³/mol. The van der Waals surface area contributed by atoms with E-state index in [1.807, 2.05) is 0 Å². The lowest BCUT2D eigenvalue weighted by Gasteiger charge is -2.18. The fourth-order valence-electron chi connectivity index (χ4n) is 2.41. The van der Waals surface area contributed by atoms with E-state index in [-0.39, 0.29) is 11.6 Å². The van der Waals surface area contributed by atoms with Crippen molar-refractivity contribution in [3.63, 3.8) is 0 Å². The molecular weight excluding hydrogens is 229 g/mol. The zero-order valence-corrected chi connectivity index (χ0v) is 10.9. The van der Waals surface area contributed by atoms with Crippen molar-refractivity contribution in [1.82, 2.24) is 4.90 Å². The summed E-state index contributed by atoms with van der Waals surface area (Å²) in [5.41, 5.74) is 0.605. The van der Waals surface area contributed by atoms with Crippen molar-refractivity contribution >= 4 is 5.78 Å². The van der Waals surface area contributed by atoms with Crippen LogP contribution in [0, 0.1) is 11.7 Å². The fourth-order valence-corrected chi connectivity index (χ4v) is 2.41. The Morgan fingerprint density at radius 2 is 2.00 bits per heavy atom. The van der Waals surface area contributed by atoms with E-state index in [0.29, 0.717) is 12.1 Å². The molecule has 1 aliphatic heterocycles. The molecule has 1 unspecified atom stereocenters. The lowest BCUT2D eigenvalue weighted by molar-refractivity contribution is 0.0932. The Labute approximate surface area is 108 Å². The smallest absolute Gasteiger partial charge is 0.176 e. The summed E-state index contributed by atoms with van der Waals surface area (Å²) in [7, 11) is 0. The van der Waals surface area contributed by atoms with Crippen LogP contribution in [0.3, 0.4) is 0 Å². The summed E-state index contributed by atoms with van der Waals surface area (Å²) in [5.74, 6) is 0.552. The van der Waals surface area contributed by atoms with Gasteiger partial charge in [0.25, 0.3) is 0 Å². The Morgan fingerprint density at radius 3 is 2.72 bits per heavy atom. The first-order valence-corrected chi connectivity index (χ1v) is 6.66. The van der Waals surface area contributed by atoms with Crippen LogP contribution < -0.4 is 0 Å². The van der Waals surface area contributed by atoms with Gasteiger partial charge in [0.1, 0.15) is 5.82 Å². The molecule has 0 amide bonds. The van der Waals surface area contributed by atoms with E-state index >= 15 is 0 Å². The van der Waals surface area contributed by atoms with Crippen molar-refractivity contribution in [3.8, 4) is 0 Å². The highest BCUT2D eigenvalue weighted by molar-refractivity contribution is 5.97. The second-order valence-electron chi connectivity index (χ2n) is 5.24. The molecule has 2 nitrogen and oxygen atoms in total. The highest BCUT2D eigenvalue weighted by Crippen LogP contribution is 2.16. The molecule has 1 saturated heterocycles. The number of benzene rings is 1. The number of Topliss-reactive ketones (excluding diaryl/α,β-unsaturated/α-hetero) is 1. The molecular formula is C15H20FNO. The number of hydrogen-bond acceptors (Lipinski definition) is 2. The predicted octanol–water partition coefficient (Wildman–Crippen LogP) is 3.13. The maximum absolute atomic E-state index is 12.8. The Morgan fingerprint density at radius 1 is 1.28 bits per heavy atom. The molecule has 0 spiro atoms. The third-order valence-corrected chi connectivity index (χ3v) is 3.64. The van der Waals surface area contributed by atoms with Gasteiger partial charge in [-0.15, -0.1) is 0 Å². The number of rotatable bonds is 3. The number of carbonyl (C=O) groups excluding carboxylic acids is 1. The van der Waals surface area contributed by atoms with Gasteiger partial charge < -0.3 is 0 Å². The molecule has 1 heterocycles. The van der Waals surface area contributed by atoms with Gasteiger partial charge in [-0.25, -0.2) is 4.39 Å². The van der Waals surface area contributed by atoms with Crippen LogP contribution >= 0.6 is 0 Å². The molecule has 0 radical (unpaired) electrons. The molecule has 0 N–H and O–H groups in total. The van der Waals surface area contributed by atoms with E-state index in [4.69, 9.17) is 0 Å². The highest BCUT2D eigenvalue weighted by atomic mass is 19.1. The second-order valence-corrected chi connectivity index (χ2v) is 5.24. The average molecular weight is 249 g/mol. The molecule has 98 valence electrons. The number of hydrogen-bond donors (Lipinski definition) is 0. The number of likely N-dealkylation sites (tertiary alicyclic amines) is 1. The molecule has 1 aliphatic rings. The molecule has 1 aromatic rings. The van der Waals surface area contributed by atoms with Crippen molar-refractivity contribution in [1.29, 1.82) is 0 Å². The molecule has 0 saturated carbocycles. The molecule has 18 heavy (non-hydrogen) atoms. The Kier molecular flexibility index (Phi) is 4.48. The summed E-state index contributed by atoms with van der Waals surface area (Å²) in [6.45, 7) is 4.72. The first-order chi connectivity index (χ1) is 8.65. The largest absolute Gasteiger partial charge is 0.296 e. The first kappa shape index (κ1) is 13.2. The van der Waals surface area contributed by atoms with Gasteiger partial charge in [-0.2, -0.15) is 0 Å². The van der Waals surface area contributed by atoms with Crippen LogP contribution in [0.4, 0.5) is 4.39 Å². The van der Waals surface area contributed by atoms with E-state index in [0.717, 1.165) is 31.8 Å². The molecule has 1 atom stereocenters. The molecule has 1 aromatic carbocycles. The summed E-state index contributed by atoms with van der Waals surface area (Å²) < 4.78 is 12.8. The Hall–Kier alpha value is -1.22. The van der Waals surface area contributed by atoms with Gasteiger partial charge in [-0.3, -0.25) is 9.69 Å². The molecule has 2 rings (SSSR count). The first-order valence-electron chi connectivity index (χ1n) is 6.66. The van der Waals surface area contributed by atoms with Crippen molar-refractivity contribution < 1.29 is 9.18 Å². The van der Waals surface area contributed by atoms with Crippen molar-refractivity contribution in [2.75, 3.05) is 19.6 Å². The summed E-state index contributed by atoms with van der Waals surface area (Å²) in [5, 5.41) is 0. The lowest BCUT2D eigenvalue weighted by Crippen LogP contribution is -2.30. The van der Waals surface area contributed by atoms with Crippen LogP contribution in [0.25, 0.3) is 0 Å². The average Bonchev–Trinajstić information content (AvgIpc) is 2.55. The zero-order valence-electron chi connectivity index (χ0n) is 10.9. The minimum absolute atomic E-state index is 0.0875. The quantitative estimate of drug-likeness (QED) is 0.767. The molecule has 3 heteroatoms. The SMILES string of the molecule is CC1CCCN(CC(=O)c2ccc(F)cc2)CC1. The van der Waals surface area contributed by atoms with Crippen LogP contribution in [-0.4, -0.2) is 30.3 Å². The van der Waals surface area contributed by atoms with Crippen LogP contribution in [0.5, 0.6) is 0 Å². The maximum Gasteiger partial charge on any atom is 0.176 e. The van der Waals surface area contributed by atoms with Gasteiger partial charge in [0.2, 0.25) is 0 Å². The lowest BCUT2D eigenvalue weighted by atomic mass is 10.0. The molecule has 0 aromatic heterocycles. The fraction of sp³-hybridized carbons (Fsp3) is 0.533. The van der Waals surface area contributed by atoms with Gasteiger partial charge in [0.05, 0.1) is 6.54 Å². The van der Waals surface area contributed by atoms with E-state index < -0.39 is 0 Å². The number of halogens is 1. The summed E-state index contributed by atoms with van der Waals surface area (Å²) in [4.78, 5) is 14.3. The standard InChI is InChI=1S/C15H20FNO/c1-12-3-2-9-17(10-8-12)11-15(18)13-4-6-14(16)7-5-13/h4-7,12H,2-3,8-11H2,1H3. The second kappa shape index (κ2) is 6.10. The topological polar surface area (TPSA) is 20.3 Å². The van der Waals surface area contributed by atoms with Gasteiger partial charge in [0, 0.05) is 5.56 Å². The third kappa shape index (κ3) is 3.64. The summed E-state index contributed by atoms with van der Waals surface area (Å²) >= 11 is 0. The van der Waals surface area contributed by atoms with E-state index in [9.17, 15) is 9.18 Å². The molecule has 0 aliphatic carbocycles. The van der Waals surface area contributed by atoms with E-state index in [1.54, 1.807) is 12.1 Å². The van der Waals surface area contributed by atoms with Crippen LogP contribution in [0.1, 0.15) is 36.5 Å². The van der Waals surface area contributed by atoms with Crippen molar-refractivity contribution in [2.24, 2.45) is 5.92 Å². The van der Waals surface area contributed by atoms with Gasteiger partial charge in [0.15, 0.2) is 5.78 Å². The number of ketones is 1. The monoisotopic (exact) mass is 249 g/mol. The van der Waals surface area contributed by atoms with Gasteiger partial charge in [-0.05, 0) is 62.5 Å². The minimum Gasteiger partial charge on any atom is -0.296 e. The van der Waals surface area contributed by atoms with E-state index in [1.165, 1.54) is 18.6 Å². The third-order valence-electron chi connectivity index (χ3n) is 3.64. The summed E-state index contributed by atoms with van der Waals surface area (Å²) in [6.07, 6.45) is 3.58. The Bertz CT molecular complexity index is 401. The molecule has 1 fully saturated rings. The zero-order chi connectivity index (χ0) is 13.0. The molecule has 0 bridgehead atoms. The highest BCUT2D eigenvalue weighted by Gasteiger charge is 2.16. The van der Waals surface area contributed by atoms with Crippen molar-refractivity contribution in [2.45, 2.75) is 26.2 Å². The van der Waals surface area contributed by atoms with Crippen LogP contribution in [0.15, 0.2) is 24.3 Å². The number of nitrogens with zero attached hydrogens (tertiary/aromatic N) is 1. The maximum atomic E-state index is 12.8.